The summed E-state index contributed by atoms with van der Waals surface area (Å²) in [7, 11) is 0. The zero-order valence-electron chi connectivity index (χ0n) is 10.4. The molecule has 0 radical (unpaired) electrons. The van der Waals surface area contributed by atoms with Crippen LogP contribution in [0.15, 0.2) is 42.5 Å². The van der Waals surface area contributed by atoms with Gasteiger partial charge in [0, 0.05) is 12.1 Å². The molecule has 1 atom stereocenters. The van der Waals surface area contributed by atoms with Crippen molar-refractivity contribution in [1.82, 2.24) is 0 Å². The van der Waals surface area contributed by atoms with Gasteiger partial charge in [0.05, 0.1) is 6.04 Å². The molecule has 0 heterocycles. The van der Waals surface area contributed by atoms with Crippen molar-refractivity contribution < 1.29 is 4.79 Å². The van der Waals surface area contributed by atoms with Gasteiger partial charge in [-0.05, 0) is 35.7 Å². The van der Waals surface area contributed by atoms with E-state index in [4.69, 9.17) is 0 Å². The molecule has 2 heteroatoms. The molecule has 1 aliphatic rings. The molecule has 1 N–H and O–H groups in total. The Labute approximate surface area is 107 Å². The van der Waals surface area contributed by atoms with E-state index >= 15 is 0 Å². The van der Waals surface area contributed by atoms with Crippen molar-refractivity contribution in [2.45, 2.75) is 31.7 Å². The highest BCUT2D eigenvalue weighted by Gasteiger charge is 2.21. The van der Waals surface area contributed by atoms with Crippen LogP contribution in [0, 0.1) is 0 Å². The molecule has 2 aromatic carbocycles. The van der Waals surface area contributed by atoms with Gasteiger partial charge in [-0.1, -0.05) is 36.8 Å². The molecule has 0 aromatic heterocycles. The van der Waals surface area contributed by atoms with Gasteiger partial charge in [0.1, 0.15) is 0 Å². The number of anilines is 1. The summed E-state index contributed by atoms with van der Waals surface area (Å²) >= 11 is 0. The second kappa shape index (κ2) is 4.81. The number of carbonyl (C=O) groups is 1. The smallest absolute Gasteiger partial charge is 0.155 e. The van der Waals surface area contributed by atoms with Gasteiger partial charge < -0.3 is 5.32 Å². The molecule has 0 saturated heterocycles. The molecule has 2 nitrogen and oxygen atoms in total. The van der Waals surface area contributed by atoms with Gasteiger partial charge >= 0.3 is 0 Å². The Hall–Kier alpha value is -1.83. The fourth-order valence-electron chi connectivity index (χ4n) is 2.62. The number of ketones is 1. The van der Waals surface area contributed by atoms with Crippen LogP contribution in [0.5, 0.6) is 0 Å². The van der Waals surface area contributed by atoms with Gasteiger partial charge in [-0.2, -0.15) is 0 Å². The number of Topliss-reactive ketones (excluding diaryl/α,β-unsaturated/α-hetero) is 1. The third-order valence-electron chi connectivity index (χ3n) is 3.64. The van der Waals surface area contributed by atoms with Gasteiger partial charge in [-0.25, -0.2) is 0 Å². The summed E-state index contributed by atoms with van der Waals surface area (Å²) < 4.78 is 0. The lowest BCUT2D eigenvalue weighted by molar-refractivity contribution is -0.121. The second-order valence-corrected chi connectivity index (χ2v) is 4.97. The van der Waals surface area contributed by atoms with Crippen LogP contribution >= 0.6 is 0 Å². The van der Waals surface area contributed by atoms with Crippen molar-refractivity contribution in [2.75, 3.05) is 5.32 Å². The molecule has 0 amide bonds. The highest BCUT2D eigenvalue weighted by molar-refractivity contribution is 5.89. The molecule has 3 rings (SSSR count). The molecule has 2 aromatic rings. The van der Waals surface area contributed by atoms with E-state index in [0.717, 1.165) is 31.4 Å². The van der Waals surface area contributed by atoms with E-state index in [0.29, 0.717) is 5.78 Å². The molecule has 1 aliphatic carbocycles. The summed E-state index contributed by atoms with van der Waals surface area (Å²) in [5, 5.41) is 5.82. The van der Waals surface area contributed by atoms with Crippen LogP contribution in [0.25, 0.3) is 10.8 Å². The zero-order chi connectivity index (χ0) is 12.4. The zero-order valence-corrected chi connectivity index (χ0v) is 10.4. The first-order chi connectivity index (χ1) is 8.83. The lowest BCUT2D eigenvalue weighted by atomic mass is 9.94. The van der Waals surface area contributed by atoms with E-state index in [2.05, 4.69) is 35.6 Å². The number of hydrogen-bond donors (Lipinski definition) is 1. The molecule has 92 valence electrons. The van der Waals surface area contributed by atoms with Crippen molar-refractivity contribution >= 4 is 22.2 Å². The summed E-state index contributed by atoms with van der Waals surface area (Å²) in [5.74, 6) is 0.356. The Morgan fingerprint density at radius 1 is 1.00 bits per heavy atom. The number of hydrogen-bond acceptors (Lipinski definition) is 2. The summed E-state index contributed by atoms with van der Waals surface area (Å²) in [5.41, 5.74) is 1.05. The van der Waals surface area contributed by atoms with Crippen LogP contribution in [-0.4, -0.2) is 11.8 Å². The number of benzene rings is 2. The van der Waals surface area contributed by atoms with Crippen LogP contribution in [-0.2, 0) is 4.79 Å². The highest BCUT2D eigenvalue weighted by atomic mass is 16.1. The van der Waals surface area contributed by atoms with E-state index in [1.807, 2.05) is 12.1 Å². The molecular weight excluding hydrogens is 222 g/mol. The van der Waals surface area contributed by atoms with Crippen molar-refractivity contribution in [3.05, 3.63) is 42.5 Å². The Morgan fingerprint density at radius 2 is 1.83 bits per heavy atom. The summed E-state index contributed by atoms with van der Waals surface area (Å²) in [6, 6.07) is 14.6. The maximum atomic E-state index is 11.8. The predicted octanol–water partition coefficient (Wildman–Crippen LogP) is 3.76. The molecule has 0 spiro atoms. The standard InChI is InChI=1S/C16H17NO/c18-16-8-4-3-7-15(16)17-14-10-9-12-5-1-2-6-13(12)11-14/h1-2,5-6,9-11,15,17H,3-4,7-8H2/t15-/m1/s1. The number of nitrogens with one attached hydrogen (secondary N) is 1. The van der Waals surface area contributed by atoms with Crippen molar-refractivity contribution in [3.8, 4) is 0 Å². The van der Waals surface area contributed by atoms with Gasteiger partial charge in [0.25, 0.3) is 0 Å². The first-order valence-electron chi connectivity index (χ1n) is 6.61. The van der Waals surface area contributed by atoms with Crippen LogP contribution in [0.4, 0.5) is 5.69 Å². The minimum Gasteiger partial charge on any atom is -0.375 e. The Morgan fingerprint density at radius 3 is 2.67 bits per heavy atom. The predicted molar refractivity (Wildman–Crippen MR) is 74.8 cm³/mol. The van der Waals surface area contributed by atoms with Crippen LogP contribution in [0.2, 0.25) is 0 Å². The summed E-state index contributed by atoms with van der Waals surface area (Å²) in [6.07, 6.45) is 3.89. The Bertz CT molecular complexity index is 576. The molecule has 0 bridgehead atoms. The van der Waals surface area contributed by atoms with Crippen LogP contribution < -0.4 is 5.32 Å². The minimum absolute atomic E-state index is 0.0138. The quantitative estimate of drug-likeness (QED) is 0.864. The van der Waals surface area contributed by atoms with Gasteiger partial charge in [-0.15, -0.1) is 0 Å². The van der Waals surface area contributed by atoms with Crippen molar-refractivity contribution in [2.24, 2.45) is 0 Å². The SMILES string of the molecule is O=C1CCCC[C@H]1Nc1ccc2ccccc2c1. The fraction of sp³-hybridized carbons (Fsp3) is 0.312. The third-order valence-corrected chi connectivity index (χ3v) is 3.64. The molecule has 18 heavy (non-hydrogen) atoms. The summed E-state index contributed by atoms with van der Waals surface area (Å²) in [4.78, 5) is 11.8. The largest absolute Gasteiger partial charge is 0.375 e. The Kier molecular flexibility index (Phi) is 3.01. The fourth-order valence-corrected chi connectivity index (χ4v) is 2.62. The Balaban J connectivity index is 1.83. The lowest BCUT2D eigenvalue weighted by Gasteiger charge is -2.22. The third kappa shape index (κ3) is 2.23. The molecule has 1 saturated carbocycles. The first kappa shape index (κ1) is 11.3. The van der Waals surface area contributed by atoms with Crippen LogP contribution in [0.3, 0.4) is 0 Å². The second-order valence-electron chi connectivity index (χ2n) is 4.97. The number of fused-ring (bicyclic) bond motifs is 1. The molecular formula is C16H17NO. The topological polar surface area (TPSA) is 29.1 Å². The minimum atomic E-state index is 0.0138. The maximum absolute atomic E-state index is 11.8. The lowest BCUT2D eigenvalue weighted by Crippen LogP contribution is -2.32. The van der Waals surface area contributed by atoms with Crippen LogP contribution in [0.1, 0.15) is 25.7 Å². The highest BCUT2D eigenvalue weighted by Crippen LogP contribution is 2.22. The monoisotopic (exact) mass is 239 g/mol. The van der Waals surface area contributed by atoms with Crippen molar-refractivity contribution in [1.29, 1.82) is 0 Å². The van der Waals surface area contributed by atoms with E-state index in [-0.39, 0.29) is 6.04 Å². The van der Waals surface area contributed by atoms with E-state index in [9.17, 15) is 4.79 Å². The van der Waals surface area contributed by atoms with Gasteiger partial charge in [-0.3, -0.25) is 4.79 Å². The van der Waals surface area contributed by atoms with Gasteiger partial charge in [0.15, 0.2) is 5.78 Å². The average molecular weight is 239 g/mol. The van der Waals surface area contributed by atoms with Crippen molar-refractivity contribution in [3.63, 3.8) is 0 Å². The van der Waals surface area contributed by atoms with E-state index < -0.39 is 0 Å². The molecule has 0 unspecified atom stereocenters. The average Bonchev–Trinajstić information content (AvgIpc) is 2.41. The van der Waals surface area contributed by atoms with E-state index in [1.165, 1.54) is 10.8 Å². The molecule has 0 aliphatic heterocycles. The molecule has 1 fully saturated rings. The van der Waals surface area contributed by atoms with E-state index in [1.54, 1.807) is 0 Å². The van der Waals surface area contributed by atoms with Gasteiger partial charge in [0.2, 0.25) is 0 Å². The number of carbonyl (C=O) groups excluding carboxylic acids is 1. The maximum Gasteiger partial charge on any atom is 0.155 e. The normalized spacial score (nSPS) is 20.0. The number of rotatable bonds is 2. The first-order valence-corrected chi connectivity index (χ1v) is 6.61. The summed E-state index contributed by atoms with van der Waals surface area (Å²) in [6.45, 7) is 0.